The van der Waals surface area contributed by atoms with E-state index in [0.29, 0.717) is 0 Å². The van der Waals surface area contributed by atoms with Crippen LogP contribution in [-0.2, 0) is 4.79 Å². The van der Waals surface area contributed by atoms with E-state index in [1.807, 2.05) is 0 Å². The minimum atomic E-state index is -4.89. The summed E-state index contributed by atoms with van der Waals surface area (Å²) in [4.78, 5) is 10.5. The van der Waals surface area contributed by atoms with E-state index in [2.05, 4.69) is 21.2 Å². The topological polar surface area (TPSA) is 49.3 Å². The second kappa shape index (κ2) is 5.55. The number of rotatable bonds is 4. The Kier molecular flexibility index (Phi) is 4.55. The molecule has 0 aliphatic rings. The van der Waals surface area contributed by atoms with Gasteiger partial charge in [0.05, 0.1) is 5.69 Å². The molecular weight excluding hydrogens is 322 g/mol. The molecule has 0 heterocycles. The Labute approximate surface area is 108 Å². The van der Waals surface area contributed by atoms with E-state index in [1.165, 1.54) is 12.1 Å². The van der Waals surface area contributed by atoms with Crippen LogP contribution in [-0.4, -0.2) is 23.8 Å². The number of para-hydroxylation sites is 1. The molecule has 0 fully saturated rings. The summed E-state index contributed by atoms with van der Waals surface area (Å²) in [6.07, 6.45) is -4.89. The number of hydrogen-bond donors (Lipinski definition) is 2. The average Bonchev–Trinajstić information content (AvgIpc) is 2.19. The summed E-state index contributed by atoms with van der Waals surface area (Å²) in [5, 5.41) is 10.6. The molecule has 1 rings (SSSR count). The Hall–Kier alpha value is -1.31. The van der Waals surface area contributed by atoms with Crippen molar-refractivity contribution in [2.45, 2.75) is 6.18 Å². The molecule has 0 spiro atoms. The number of hydrogen-bond acceptors (Lipinski definition) is 2. The van der Waals surface area contributed by atoms with Gasteiger partial charge in [0.2, 0.25) is 0 Å². The fraction of sp³-hybridized carbons (Fsp3) is 0.300. The largest absolute Gasteiger partial charge is 0.481 e. The first kappa shape index (κ1) is 14.7. The van der Waals surface area contributed by atoms with Crippen LogP contribution in [0, 0.1) is 11.7 Å². The highest BCUT2D eigenvalue weighted by Gasteiger charge is 2.45. The smallest absolute Gasteiger partial charge is 0.403 e. The molecule has 1 aromatic rings. The van der Waals surface area contributed by atoms with E-state index in [9.17, 15) is 22.4 Å². The Balaban J connectivity index is 2.83. The van der Waals surface area contributed by atoms with Gasteiger partial charge in [0.15, 0.2) is 5.92 Å². The number of alkyl halides is 3. The number of nitrogens with one attached hydrogen (secondary N) is 1. The minimum absolute atomic E-state index is 0.201. The third kappa shape index (κ3) is 3.59. The van der Waals surface area contributed by atoms with Crippen molar-refractivity contribution in [3.8, 4) is 0 Å². The van der Waals surface area contributed by atoms with Crippen LogP contribution >= 0.6 is 15.9 Å². The first-order valence-corrected chi connectivity index (χ1v) is 5.50. The van der Waals surface area contributed by atoms with Gasteiger partial charge >= 0.3 is 12.1 Å². The number of carboxylic acids is 1. The van der Waals surface area contributed by atoms with Gasteiger partial charge in [-0.2, -0.15) is 13.2 Å². The van der Waals surface area contributed by atoms with Crippen LogP contribution in [0.25, 0.3) is 0 Å². The Morgan fingerprint density at radius 1 is 1.44 bits per heavy atom. The van der Waals surface area contributed by atoms with E-state index < -0.39 is 30.4 Å². The maximum absolute atomic E-state index is 13.3. The standard InChI is InChI=1S/C10H8BrF4NO2/c11-6-2-1-3-7(12)8(6)16-4-5(9(17)18)10(13,14)15/h1-3,5,16H,4H2,(H,17,18). The summed E-state index contributed by atoms with van der Waals surface area (Å²) >= 11 is 2.95. The molecule has 18 heavy (non-hydrogen) atoms. The average molecular weight is 330 g/mol. The van der Waals surface area contributed by atoms with Crippen LogP contribution in [0.2, 0.25) is 0 Å². The zero-order chi connectivity index (χ0) is 13.9. The Bertz CT molecular complexity index is 430. The lowest BCUT2D eigenvalue weighted by Crippen LogP contribution is -2.36. The zero-order valence-corrected chi connectivity index (χ0v) is 10.3. The normalized spacial score (nSPS) is 13.2. The lowest BCUT2D eigenvalue weighted by atomic mass is 10.1. The molecule has 1 aromatic carbocycles. The third-order valence-electron chi connectivity index (χ3n) is 2.14. The fourth-order valence-electron chi connectivity index (χ4n) is 1.21. The van der Waals surface area contributed by atoms with Crippen LogP contribution in [0.5, 0.6) is 0 Å². The summed E-state index contributed by atoms with van der Waals surface area (Å²) in [7, 11) is 0. The summed E-state index contributed by atoms with van der Waals surface area (Å²) < 4.78 is 50.5. The molecule has 1 unspecified atom stereocenters. The molecule has 1 atom stereocenters. The molecule has 2 N–H and O–H groups in total. The van der Waals surface area contributed by atoms with E-state index in [4.69, 9.17) is 5.11 Å². The van der Waals surface area contributed by atoms with Crippen LogP contribution in [0.1, 0.15) is 0 Å². The van der Waals surface area contributed by atoms with Crippen molar-refractivity contribution in [1.29, 1.82) is 0 Å². The van der Waals surface area contributed by atoms with E-state index in [1.54, 1.807) is 0 Å². The number of carboxylic acid groups (broad SMARTS) is 1. The zero-order valence-electron chi connectivity index (χ0n) is 8.76. The molecule has 3 nitrogen and oxygen atoms in total. The quantitative estimate of drug-likeness (QED) is 0.833. The van der Waals surface area contributed by atoms with Gasteiger partial charge in [-0.15, -0.1) is 0 Å². The SMILES string of the molecule is O=C(O)C(CNc1c(F)cccc1Br)C(F)(F)F. The maximum Gasteiger partial charge on any atom is 0.403 e. The van der Waals surface area contributed by atoms with Crippen LogP contribution < -0.4 is 5.32 Å². The molecule has 0 saturated carbocycles. The number of halogens is 5. The van der Waals surface area contributed by atoms with Crippen molar-refractivity contribution >= 4 is 27.6 Å². The number of aliphatic carboxylic acids is 1. The molecule has 100 valence electrons. The van der Waals surface area contributed by atoms with Crippen LogP contribution in [0.15, 0.2) is 22.7 Å². The number of carbonyl (C=O) groups is 1. The molecule has 0 aromatic heterocycles. The van der Waals surface area contributed by atoms with Gasteiger partial charge in [-0.3, -0.25) is 4.79 Å². The van der Waals surface area contributed by atoms with Gasteiger partial charge in [0.1, 0.15) is 5.82 Å². The van der Waals surface area contributed by atoms with Crippen LogP contribution in [0.3, 0.4) is 0 Å². The van der Waals surface area contributed by atoms with Crippen LogP contribution in [0.4, 0.5) is 23.2 Å². The predicted octanol–water partition coefficient (Wildman–Crippen LogP) is 3.26. The molecule has 0 amide bonds. The monoisotopic (exact) mass is 329 g/mol. The van der Waals surface area contributed by atoms with Crippen molar-refractivity contribution in [2.75, 3.05) is 11.9 Å². The molecule has 0 radical (unpaired) electrons. The highest BCUT2D eigenvalue weighted by atomic mass is 79.9. The number of benzene rings is 1. The highest BCUT2D eigenvalue weighted by molar-refractivity contribution is 9.10. The second-order valence-corrected chi connectivity index (χ2v) is 4.26. The first-order chi connectivity index (χ1) is 8.23. The van der Waals surface area contributed by atoms with E-state index in [0.717, 1.165) is 6.07 Å². The van der Waals surface area contributed by atoms with E-state index in [-0.39, 0.29) is 10.2 Å². The van der Waals surface area contributed by atoms with Gasteiger partial charge in [0, 0.05) is 11.0 Å². The summed E-state index contributed by atoms with van der Waals surface area (Å²) in [6.45, 7) is -0.946. The van der Waals surface area contributed by atoms with Gasteiger partial charge in [-0.25, -0.2) is 4.39 Å². The van der Waals surface area contributed by atoms with Crippen molar-refractivity contribution in [3.05, 3.63) is 28.5 Å². The Morgan fingerprint density at radius 3 is 2.50 bits per heavy atom. The molecule has 0 saturated heterocycles. The predicted molar refractivity (Wildman–Crippen MR) is 59.8 cm³/mol. The summed E-state index contributed by atoms with van der Waals surface area (Å²) in [6, 6.07) is 3.84. The highest BCUT2D eigenvalue weighted by Crippen LogP contribution is 2.29. The van der Waals surface area contributed by atoms with Crippen molar-refractivity contribution < 1.29 is 27.5 Å². The molecular formula is C10H8BrF4NO2. The third-order valence-corrected chi connectivity index (χ3v) is 2.80. The van der Waals surface area contributed by atoms with Crippen molar-refractivity contribution in [1.82, 2.24) is 0 Å². The maximum atomic E-state index is 13.3. The van der Waals surface area contributed by atoms with Gasteiger partial charge in [0.25, 0.3) is 0 Å². The minimum Gasteiger partial charge on any atom is -0.481 e. The van der Waals surface area contributed by atoms with E-state index >= 15 is 0 Å². The Morgan fingerprint density at radius 2 is 2.06 bits per heavy atom. The van der Waals surface area contributed by atoms with Crippen molar-refractivity contribution in [3.63, 3.8) is 0 Å². The lowest BCUT2D eigenvalue weighted by Gasteiger charge is -2.18. The van der Waals surface area contributed by atoms with Gasteiger partial charge < -0.3 is 10.4 Å². The summed E-state index contributed by atoms with van der Waals surface area (Å²) in [5.74, 6) is -5.37. The molecule has 0 aliphatic heterocycles. The first-order valence-electron chi connectivity index (χ1n) is 4.71. The number of anilines is 1. The fourth-order valence-corrected chi connectivity index (χ4v) is 1.70. The second-order valence-electron chi connectivity index (χ2n) is 3.41. The van der Waals surface area contributed by atoms with Gasteiger partial charge in [-0.05, 0) is 28.1 Å². The summed E-state index contributed by atoms with van der Waals surface area (Å²) in [5.41, 5.74) is -0.201. The molecule has 0 aliphatic carbocycles. The van der Waals surface area contributed by atoms with Gasteiger partial charge in [-0.1, -0.05) is 6.07 Å². The molecule has 0 bridgehead atoms. The molecule has 8 heteroatoms. The van der Waals surface area contributed by atoms with Crippen molar-refractivity contribution in [2.24, 2.45) is 5.92 Å². The lowest BCUT2D eigenvalue weighted by molar-refractivity contribution is -0.190.